The van der Waals surface area contributed by atoms with Crippen LogP contribution in [0.5, 0.6) is 11.5 Å². The Hall–Kier alpha value is -3.28. The lowest BCUT2D eigenvalue weighted by Gasteiger charge is -2.11. The van der Waals surface area contributed by atoms with Gasteiger partial charge in [0.25, 0.3) is 5.91 Å². The second-order valence-electron chi connectivity index (χ2n) is 5.66. The van der Waals surface area contributed by atoms with Gasteiger partial charge >= 0.3 is 0 Å². The van der Waals surface area contributed by atoms with Gasteiger partial charge in [-0.3, -0.25) is 4.79 Å². The fourth-order valence-electron chi connectivity index (χ4n) is 2.82. The molecule has 0 saturated carbocycles. The minimum absolute atomic E-state index is 0.277. The molecule has 6 nitrogen and oxygen atoms in total. The number of hydrogen-bond donors (Lipinski definition) is 1. The molecule has 0 bridgehead atoms. The van der Waals surface area contributed by atoms with Gasteiger partial charge < -0.3 is 14.0 Å². The van der Waals surface area contributed by atoms with E-state index in [2.05, 4.69) is 10.5 Å². The second-order valence-corrected chi connectivity index (χ2v) is 5.66. The lowest BCUT2D eigenvalue weighted by molar-refractivity contribution is 0.0947. The Morgan fingerprint density at radius 1 is 1.23 bits per heavy atom. The van der Waals surface area contributed by atoms with E-state index in [0.717, 1.165) is 16.5 Å². The van der Waals surface area contributed by atoms with Crippen molar-refractivity contribution in [1.29, 1.82) is 0 Å². The third-order valence-electron chi connectivity index (χ3n) is 4.07. The van der Waals surface area contributed by atoms with Crippen molar-refractivity contribution in [1.82, 2.24) is 9.99 Å². The van der Waals surface area contributed by atoms with Crippen LogP contribution in [0.1, 0.15) is 23.0 Å². The highest BCUT2D eigenvalue weighted by Gasteiger charge is 2.13. The summed E-state index contributed by atoms with van der Waals surface area (Å²) >= 11 is 0. The summed E-state index contributed by atoms with van der Waals surface area (Å²) in [4.78, 5) is 12.5. The van der Waals surface area contributed by atoms with Crippen molar-refractivity contribution in [3.63, 3.8) is 0 Å². The first-order chi connectivity index (χ1) is 12.7. The Morgan fingerprint density at radius 2 is 2.04 bits per heavy atom. The number of nitrogens with one attached hydrogen (secondary N) is 1. The number of nitrogens with zero attached hydrogens (tertiary/aromatic N) is 2. The van der Waals surface area contributed by atoms with Gasteiger partial charge in [0.2, 0.25) is 0 Å². The van der Waals surface area contributed by atoms with Gasteiger partial charge in [0.1, 0.15) is 5.69 Å². The van der Waals surface area contributed by atoms with Crippen LogP contribution in [0.3, 0.4) is 0 Å². The van der Waals surface area contributed by atoms with Crippen molar-refractivity contribution in [2.75, 3.05) is 13.7 Å². The number of hydrogen-bond acceptors (Lipinski definition) is 4. The average Bonchev–Trinajstić information content (AvgIpc) is 3.00. The molecule has 1 amide bonds. The fraction of sp³-hybridized carbons (Fsp3) is 0.200. The van der Waals surface area contributed by atoms with Crippen molar-refractivity contribution in [2.24, 2.45) is 12.1 Å². The van der Waals surface area contributed by atoms with Gasteiger partial charge in [-0.05, 0) is 31.2 Å². The fourth-order valence-corrected chi connectivity index (χ4v) is 2.82. The van der Waals surface area contributed by atoms with Crippen molar-refractivity contribution >= 4 is 23.0 Å². The quantitative estimate of drug-likeness (QED) is 0.547. The lowest BCUT2D eigenvalue weighted by atomic mass is 10.2. The Balaban J connectivity index is 1.80. The molecule has 0 aliphatic rings. The molecule has 0 fully saturated rings. The van der Waals surface area contributed by atoms with Crippen molar-refractivity contribution < 1.29 is 14.3 Å². The summed E-state index contributed by atoms with van der Waals surface area (Å²) in [6, 6.07) is 15.2. The number of para-hydroxylation sites is 2. The van der Waals surface area contributed by atoms with Crippen LogP contribution in [0.4, 0.5) is 0 Å². The number of methoxy groups -OCH3 is 1. The smallest absolute Gasteiger partial charge is 0.287 e. The van der Waals surface area contributed by atoms with Crippen LogP contribution < -0.4 is 14.9 Å². The van der Waals surface area contributed by atoms with Gasteiger partial charge in [0, 0.05) is 23.5 Å². The minimum Gasteiger partial charge on any atom is -0.493 e. The standard InChI is InChI=1S/C20H21N3O3/c1-4-26-19-15(9-7-11-18(19)25-3)13-21-22-20(24)17-12-14-8-5-6-10-16(14)23(17)2/h5-13H,4H2,1-3H3,(H,22,24)/b21-13+. The number of rotatable bonds is 6. The van der Waals surface area contributed by atoms with Crippen LogP contribution in [0.2, 0.25) is 0 Å². The van der Waals surface area contributed by atoms with Gasteiger partial charge in [-0.15, -0.1) is 0 Å². The average molecular weight is 351 g/mol. The maximum absolute atomic E-state index is 12.5. The van der Waals surface area contributed by atoms with Crippen LogP contribution in [0.25, 0.3) is 10.9 Å². The number of amides is 1. The number of benzene rings is 2. The number of aromatic nitrogens is 1. The summed E-state index contributed by atoms with van der Waals surface area (Å²) in [6.45, 7) is 2.40. The van der Waals surface area contributed by atoms with Crippen LogP contribution >= 0.6 is 0 Å². The molecular weight excluding hydrogens is 330 g/mol. The molecule has 6 heteroatoms. The number of carbonyl (C=O) groups excluding carboxylic acids is 1. The Morgan fingerprint density at radius 3 is 2.77 bits per heavy atom. The van der Waals surface area contributed by atoms with E-state index < -0.39 is 0 Å². The zero-order valence-corrected chi connectivity index (χ0v) is 15.0. The van der Waals surface area contributed by atoms with E-state index in [1.54, 1.807) is 13.3 Å². The van der Waals surface area contributed by atoms with E-state index in [1.807, 2.05) is 67.1 Å². The van der Waals surface area contributed by atoms with E-state index in [1.165, 1.54) is 0 Å². The monoisotopic (exact) mass is 351 g/mol. The van der Waals surface area contributed by atoms with Crippen LogP contribution in [0, 0.1) is 0 Å². The molecule has 0 aliphatic carbocycles. The summed E-state index contributed by atoms with van der Waals surface area (Å²) < 4.78 is 12.8. The highest BCUT2D eigenvalue weighted by Crippen LogP contribution is 2.29. The maximum atomic E-state index is 12.5. The number of fused-ring (bicyclic) bond motifs is 1. The first kappa shape index (κ1) is 17.5. The zero-order valence-electron chi connectivity index (χ0n) is 15.0. The molecule has 134 valence electrons. The maximum Gasteiger partial charge on any atom is 0.287 e. The molecule has 3 aromatic rings. The molecule has 1 N–H and O–H groups in total. The normalized spacial score (nSPS) is 11.0. The summed E-state index contributed by atoms with van der Waals surface area (Å²) in [6.07, 6.45) is 1.55. The van der Waals surface area contributed by atoms with Gasteiger partial charge in [-0.1, -0.05) is 24.3 Å². The van der Waals surface area contributed by atoms with Crippen molar-refractivity contribution in [3.05, 3.63) is 59.8 Å². The molecule has 1 aromatic heterocycles. The summed E-state index contributed by atoms with van der Waals surface area (Å²) in [5.74, 6) is 0.941. The predicted molar refractivity (Wildman–Crippen MR) is 102 cm³/mol. The first-order valence-corrected chi connectivity index (χ1v) is 8.33. The highest BCUT2D eigenvalue weighted by molar-refractivity contribution is 5.99. The molecule has 0 spiro atoms. The molecule has 1 heterocycles. The predicted octanol–water partition coefficient (Wildman–Crippen LogP) is 3.35. The largest absolute Gasteiger partial charge is 0.493 e. The topological polar surface area (TPSA) is 64.8 Å². The van der Waals surface area contributed by atoms with Crippen molar-refractivity contribution in [3.8, 4) is 11.5 Å². The first-order valence-electron chi connectivity index (χ1n) is 8.33. The Labute approximate surface area is 152 Å². The molecule has 3 rings (SSSR count). The molecule has 0 aliphatic heterocycles. The SMILES string of the molecule is CCOc1c(/C=N/NC(=O)c2cc3ccccc3n2C)cccc1OC. The molecule has 0 unspecified atom stereocenters. The Kier molecular flexibility index (Phi) is 5.22. The lowest BCUT2D eigenvalue weighted by Crippen LogP contribution is -2.20. The van der Waals surface area contributed by atoms with Crippen LogP contribution in [-0.2, 0) is 7.05 Å². The summed E-state index contributed by atoms with van der Waals surface area (Å²) in [5.41, 5.74) is 4.83. The van der Waals surface area contributed by atoms with Crippen LogP contribution in [-0.4, -0.2) is 30.4 Å². The van der Waals surface area contributed by atoms with Gasteiger partial charge in [-0.2, -0.15) is 5.10 Å². The van der Waals surface area contributed by atoms with E-state index in [9.17, 15) is 4.79 Å². The summed E-state index contributed by atoms with van der Waals surface area (Å²) in [5, 5.41) is 5.08. The van der Waals surface area contributed by atoms with Crippen LogP contribution in [0.15, 0.2) is 53.6 Å². The molecule has 26 heavy (non-hydrogen) atoms. The molecule has 0 atom stereocenters. The number of hydrazone groups is 1. The summed E-state index contributed by atoms with van der Waals surface area (Å²) in [7, 11) is 3.44. The Bertz CT molecular complexity index is 960. The highest BCUT2D eigenvalue weighted by atomic mass is 16.5. The molecule has 2 aromatic carbocycles. The molecular formula is C20H21N3O3. The van der Waals surface area contributed by atoms with E-state index in [4.69, 9.17) is 9.47 Å². The second kappa shape index (κ2) is 7.74. The zero-order chi connectivity index (χ0) is 18.5. The number of carbonyl (C=O) groups is 1. The van der Waals surface area contributed by atoms with E-state index >= 15 is 0 Å². The van der Waals surface area contributed by atoms with Gasteiger partial charge in [-0.25, -0.2) is 5.43 Å². The van der Waals surface area contributed by atoms with Gasteiger partial charge in [0.15, 0.2) is 11.5 Å². The van der Waals surface area contributed by atoms with Gasteiger partial charge in [0.05, 0.1) is 19.9 Å². The van der Waals surface area contributed by atoms with Crippen molar-refractivity contribution in [2.45, 2.75) is 6.92 Å². The molecule has 0 radical (unpaired) electrons. The minimum atomic E-state index is -0.277. The van der Waals surface area contributed by atoms with E-state index in [0.29, 0.717) is 23.8 Å². The number of ether oxygens (including phenoxy) is 2. The third kappa shape index (κ3) is 3.39. The molecule has 0 saturated heterocycles. The van der Waals surface area contributed by atoms with E-state index in [-0.39, 0.29) is 5.91 Å². The number of aryl methyl sites for hydroxylation is 1. The third-order valence-corrected chi connectivity index (χ3v) is 4.07.